The Morgan fingerprint density at radius 2 is 2.00 bits per heavy atom. The Morgan fingerprint density at radius 1 is 1.27 bits per heavy atom. The maximum Gasteiger partial charge on any atom is 0.272 e. The summed E-state index contributed by atoms with van der Waals surface area (Å²) in [5.74, 6) is -0.128. The number of carbonyl (C=O) groups excluding carboxylic acids is 1. The molecule has 3 rings (SSSR count). The van der Waals surface area contributed by atoms with Crippen molar-refractivity contribution in [2.45, 2.75) is 19.9 Å². The number of H-pyrrole nitrogens is 1. The van der Waals surface area contributed by atoms with Crippen LogP contribution in [0.2, 0.25) is 0 Å². The lowest BCUT2D eigenvalue weighted by atomic mass is 10.2. The molecule has 1 fully saturated rings. The van der Waals surface area contributed by atoms with E-state index in [9.17, 15) is 9.59 Å². The zero-order chi connectivity index (χ0) is 15.7. The van der Waals surface area contributed by atoms with E-state index in [1.165, 1.54) is 10.7 Å². The number of aromatic nitrogens is 2. The monoisotopic (exact) mass is 300 g/mol. The van der Waals surface area contributed by atoms with Gasteiger partial charge in [-0.05, 0) is 26.0 Å². The lowest BCUT2D eigenvalue weighted by Gasteiger charge is -2.31. The molecule has 0 bridgehead atoms. The topological polar surface area (TPSA) is 70.1 Å². The summed E-state index contributed by atoms with van der Waals surface area (Å²) in [7, 11) is 0. The molecule has 1 aromatic carbocycles. The predicted molar refractivity (Wildman–Crippen MR) is 84.5 cm³/mol. The van der Waals surface area contributed by atoms with Crippen LogP contribution in [0.3, 0.4) is 0 Å². The average molecular weight is 300 g/mol. The van der Waals surface area contributed by atoms with E-state index < -0.39 is 0 Å². The van der Waals surface area contributed by atoms with Crippen molar-refractivity contribution in [3.8, 4) is 5.69 Å². The smallest absolute Gasteiger partial charge is 0.272 e. The minimum Gasteiger partial charge on any atom is -0.335 e. The fraction of sp³-hybridized carbons (Fsp3) is 0.375. The fourth-order valence-corrected chi connectivity index (χ4v) is 2.68. The molecule has 2 aromatic rings. The number of aromatic amines is 1. The summed E-state index contributed by atoms with van der Waals surface area (Å²) in [6.07, 6.45) is 0. The summed E-state index contributed by atoms with van der Waals surface area (Å²) in [4.78, 5) is 26.4. The van der Waals surface area contributed by atoms with Gasteiger partial charge in [-0.25, -0.2) is 4.68 Å². The van der Waals surface area contributed by atoms with Gasteiger partial charge in [-0.3, -0.25) is 14.7 Å². The van der Waals surface area contributed by atoms with Crippen molar-refractivity contribution in [3.05, 3.63) is 51.9 Å². The van der Waals surface area contributed by atoms with Gasteiger partial charge in [-0.15, -0.1) is 0 Å². The molecule has 0 unspecified atom stereocenters. The van der Waals surface area contributed by atoms with E-state index in [-0.39, 0.29) is 17.5 Å². The van der Waals surface area contributed by atoms with Gasteiger partial charge in [-0.1, -0.05) is 17.7 Å². The molecule has 1 aliphatic heterocycles. The molecule has 0 saturated carbocycles. The zero-order valence-electron chi connectivity index (χ0n) is 12.8. The summed E-state index contributed by atoms with van der Waals surface area (Å²) in [5, 5.41) is 6.22. The van der Waals surface area contributed by atoms with E-state index in [1.807, 2.05) is 38.1 Å². The quantitative estimate of drug-likeness (QED) is 0.866. The molecule has 2 N–H and O–H groups in total. The second-order valence-corrected chi connectivity index (χ2v) is 5.79. The van der Waals surface area contributed by atoms with Crippen LogP contribution in [0.4, 0.5) is 0 Å². The van der Waals surface area contributed by atoms with Crippen molar-refractivity contribution < 1.29 is 4.79 Å². The first-order chi connectivity index (χ1) is 10.5. The second-order valence-electron chi connectivity index (χ2n) is 5.79. The molecule has 22 heavy (non-hydrogen) atoms. The Bertz CT molecular complexity index is 729. The Hall–Kier alpha value is -2.34. The van der Waals surface area contributed by atoms with Crippen molar-refractivity contribution in [3.63, 3.8) is 0 Å². The molecule has 1 aliphatic rings. The van der Waals surface area contributed by atoms with Gasteiger partial charge < -0.3 is 10.2 Å². The summed E-state index contributed by atoms with van der Waals surface area (Å²) in [5.41, 5.74) is 1.95. The van der Waals surface area contributed by atoms with Gasteiger partial charge in [-0.2, -0.15) is 0 Å². The highest BCUT2D eigenvalue weighted by Gasteiger charge is 2.23. The maximum absolute atomic E-state index is 12.5. The van der Waals surface area contributed by atoms with Crippen LogP contribution < -0.4 is 10.9 Å². The zero-order valence-corrected chi connectivity index (χ0v) is 12.8. The number of piperazine rings is 1. The molecular weight excluding hydrogens is 280 g/mol. The number of nitrogens with zero attached hydrogens (tertiary/aromatic N) is 2. The standard InChI is InChI=1S/C16H20N4O2/c1-11-3-5-13(6-4-11)20-15(21)9-14(18-20)16(22)19-8-7-17-12(2)10-19/h3-6,9,12,17-18H,7-8,10H2,1-2H3/t12-/m0/s1. The minimum absolute atomic E-state index is 0.128. The highest BCUT2D eigenvalue weighted by Crippen LogP contribution is 2.09. The van der Waals surface area contributed by atoms with E-state index in [0.29, 0.717) is 18.8 Å². The first-order valence-electron chi connectivity index (χ1n) is 7.46. The number of amides is 1. The molecule has 1 amide bonds. The Kier molecular flexibility index (Phi) is 3.85. The lowest BCUT2D eigenvalue weighted by Crippen LogP contribution is -2.51. The van der Waals surface area contributed by atoms with Crippen LogP contribution in [0.15, 0.2) is 35.1 Å². The van der Waals surface area contributed by atoms with E-state index in [4.69, 9.17) is 0 Å². The Labute approximate surface area is 128 Å². The normalized spacial score (nSPS) is 18.5. The highest BCUT2D eigenvalue weighted by atomic mass is 16.2. The maximum atomic E-state index is 12.5. The molecule has 2 heterocycles. The van der Waals surface area contributed by atoms with Crippen LogP contribution in [-0.2, 0) is 0 Å². The van der Waals surface area contributed by atoms with E-state index >= 15 is 0 Å². The number of carbonyl (C=O) groups is 1. The number of nitrogens with one attached hydrogen (secondary N) is 2. The van der Waals surface area contributed by atoms with Gasteiger partial charge in [0.15, 0.2) is 0 Å². The summed E-state index contributed by atoms with van der Waals surface area (Å²) in [6, 6.07) is 9.21. The number of rotatable bonds is 2. The third kappa shape index (κ3) is 2.82. The van der Waals surface area contributed by atoms with Crippen LogP contribution in [0, 0.1) is 6.92 Å². The van der Waals surface area contributed by atoms with E-state index in [2.05, 4.69) is 10.4 Å². The van der Waals surface area contributed by atoms with Crippen molar-refractivity contribution in [1.82, 2.24) is 20.0 Å². The van der Waals surface area contributed by atoms with E-state index in [1.54, 1.807) is 4.90 Å². The summed E-state index contributed by atoms with van der Waals surface area (Å²) < 4.78 is 1.40. The van der Waals surface area contributed by atoms with Crippen molar-refractivity contribution in [2.24, 2.45) is 0 Å². The minimum atomic E-state index is -0.226. The van der Waals surface area contributed by atoms with Crippen LogP contribution in [-0.4, -0.2) is 46.3 Å². The number of aryl methyl sites for hydroxylation is 1. The number of hydrogen-bond acceptors (Lipinski definition) is 3. The largest absolute Gasteiger partial charge is 0.335 e. The van der Waals surface area contributed by atoms with Crippen LogP contribution >= 0.6 is 0 Å². The van der Waals surface area contributed by atoms with Gasteiger partial charge in [0.1, 0.15) is 5.69 Å². The lowest BCUT2D eigenvalue weighted by molar-refractivity contribution is 0.0702. The third-order valence-electron chi connectivity index (χ3n) is 3.90. The molecule has 1 saturated heterocycles. The van der Waals surface area contributed by atoms with Gasteiger partial charge >= 0.3 is 0 Å². The Balaban J connectivity index is 1.87. The first kappa shape index (κ1) is 14.6. The SMILES string of the molecule is Cc1ccc(-n2[nH]c(C(=O)N3CCN[C@@H](C)C3)cc2=O)cc1. The molecule has 116 valence electrons. The highest BCUT2D eigenvalue weighted by molar-refractivity contribution is 5.92. The van der Waals surface area contributed by atoms with Crippen LogP contribution in [0.1, 0.15) is 23.0 Å². The molecule has 0 radical (unpaired) electrons. The van der Waals surface area contributed by atoms with Gasteiger partial charge in [0.05, 0.1) is 5.69 Å². The molecule has 1 aromatic heterocycles. The summed E-state index contributed by atoms with van der Waals surface area (Å²) >= 11 is 0. The van der Waals surface area contributed by atoms with Crippen molar-refractivity contribution >= 4 is 5.91 Å². The molecular formula is C16H20N4O2. The second kappa shape index (κ2) is 5.81. The first-order valence-corrected chi connectivity index (χ1v) is 7.46. The van der Waals surface area contributed by atoms with Crippen LogP contribution in [0.5, 0.6) is 0 Å². The predicted octanol–water partition coefficient (Wildman–Crippen LogP) is 0.908. The molecule has 6 heteroatoms. The molecule has 1 atom stereocenters. The van der Waals surface area contributed by atoms with Gasteiger partial charge in [0.25, 0.3) is 11.5 Å². The average Bonchev–Trinajstić information content (AvgIpc) is 2.89. The third-order valence-corrected chi connectivity index (χ3v) is 3.90. The van der Waals surface area contributed by atoms with Crippen LogP contribution in [0.25, 0.3) is 5.69 Å². The van der Waals surface area contributed by atoms with Crippen molar-refractivity contribution in [2.75, 3.05) is 19.6 Å². The Morgan fingerprint density at radius 3 is 2.68 bits per heavy atom. The van der Waals surface area contributed by atoms with Gasteiger partial charge in [0.2, 0.25) is 0 Å². The summed E-state index contributed by atoms with van der Waals surface area (Å²) in [6.45, 7) is 6.11. The number of benzene rings is 1. The number of hydrogen-bond donors (Lipinski definition) is 2. The molecule has 0 aliphatic carbocycles. The van der Waals surface area contributed by atoms with Gasteiger partial charge in [0, 0.05) is 31.7 Å². The van der Waals surface area contributed by atoms with Crippen molar-refractivity contribution in [1.29, 1.82) is 0 Å². The fourth-order valence-electron chi connectivity index (χ4n) is 2.68. The molecule has 6 nitrogen and oxygen atoms in total. The molecule has 0 spiro atoms. The van der Waals surface area contributed by atoms with E-state index in [0.717, 1.165) is 17.8 Å².